The lowest BCUT2D eigenvalue weighted by molar-refractivity contribution is 0.629. The molecule has 0 aliphatic carbocycles. The van der Waals surface area contributed by atoms with Crippen molar-refractivity contribution in [2.45, 2.75) is 13.0 Å². The van der Waals surface area contributed by atoms with Crippen LogP contribution in [0.3, 0.4) is 0 Å². The smallest absolute Gasteiger partial charge is 0.191 e. The Morgan fingerprint density at radius 3 is 2.80 bits per heavy atom. The van der Waals surface area contributed by atoms with Gasteiger partial charge in [0.05, 0.1) is 11.9 Å². The van der Waals surface area contributed by atoms with Crippen LogP contribution in [0, 0.1) is 5.82 Å². The molecule has 0 amide bonds. The number of para-hydroxylation sites is 1. The molecule has 0 saturated carbocycles. The lowest BCUT2D eigenvalue weighted by Crippen LogP contribution is -2.37. The first kappa shape index (κ1) is 21.8. The minimum atomic E-state index is -0.222. The van der Waals surface area contributed by atoms with Crippen molar-refractivity contribution in [1.29, 1.82) is 0 Å². The SMILES string of the molecule is CN=C(NCCc1c[nH]c2ccc(F)cc12)NCc1cnn(-c2ccccc2)c1.I. The molecule has 0 aliphatic rings. The van der Waals surface area contributed by atoms with E-state index in [-0.39, 0.29) is 29.8 Å². The van der Waals surface area contributed by atoms with E-state index in [4.69, 9.17) is 0 Å². The molecule has 8 heteroatoms. The van der Waals surface area contributed by atoms with Crippen LogP contribution in [0.2, 0.25) is 0 Å². The molecule has 0 spiro atoms. The third-order valence-electron chi connectivity index (χ3n) is 4.76. The number of H-pyrrole nitrogens is 1. The molecule has 3 N–H and O–H groups in total. The normalized spacial score (nSPS) is 11.3. The van der Waals surface area contributed by atoms with Crippen LogP contribution in [0.4, 0.5) is 4.39 Å². The zero-order valence-corrected chi connectivity index (χ0v) is 18.9. The van der Waals surface area contributed by atoms with Crippen molar-refractivity contribution in [3.8, 4) is 5.69 Å². The number of hydrogen-bond acceptors (Lipinski definition) is 2. The fourth-order valence-corrected chi connectivity index (χ4v) is 3.25. The van der Waals surface area contributed by atoms with E-state index in [2.05, 4.69) is 25.7 Å². The molecule has 0 bridgehead atoms. The monoisotopic (exact) mass is 518 g/mol. The maximum Gasteiger partial charge on any atom is 0.191 e. The number of guanidine groups is 1. The Morgan fingerprint density at radius 1 is 1.17 bits per heavy atom. The second-order valence-corrected chi connectivity index (χ2v) is 6.74. The van der Waals surface area contributed by atoms with Gasteiger partial charge in [-0.15, -0.1) is 24.0 Å². The second-order valence-electron chi connectivity index (χ2n) is 6.74. The summed E-state index contributed by atoms with van der Waals surface area (Å²) >= 11 is 0. The van der Waals surface area contributed by atoms with Gasteiger partial charge in [0.2, 0.25) is 0 Å². The van der Waals surface area contributed by atoms with Gasteiger partial charge in [-0.25, -0.2) is 9.07 Å². The van der Waals surface area contributed by atoms with Gasteiger partial charge in [-0.1, -0.05) is 18.2 Å². The summed E-state index contributed by atoms with van der Waals surface area (Å²) in [5.41, 5.74) is 4.10. The number of nitrogens with one attached hydrogen (secondary N) is 3. The van der Waals surface area contributed by atoms with E-state index in [1.165, 1.54) is 6.07 Å². The van der Waals surface area contributed by atoms with Crippen molar-refractivity contribution in [3.05, 3.63) is 84.1 Å². The van der Waals surface area contributed by atoms with Crippen LogP contribution in [-0.4, -0.2) is 34.3 Å². The molecule has 156 valence electrons. The molecule has 6 nitrogen and oxygen atoms in total. The van der Waals surface area contributed by atoms with Crippen molar-refractivity contribution >= 4 is 40.8 Å². The number of benzene rings is 2. The van der Waals surface area contributed by atoms with Gasteiger partial charge >= 0.3 is 0 Å². The Balaban J connectivity index is 0.00000256. The van der Waals surface area contributed by atoms with E-state index in [9.17, 15) is 4.39 Å². The standard InChI is InChI=1S/C22H23FN6.HI/c1-24-22(25-10-9-17-14-26-21-8-7-18(23)11-20(17)21)27-12-16-13-28-29(15-16)19-5-3-2-4-6-19;/h2-8,11,13-15,26H,9-10,12H2,1H3,(H2,24,25,27);1H. The maximum absolute atomic E-state index is 13.5. The summed E-state index contributed by atoms with van der Waals surface area (Å²) in [6.45, 7) is 1.30. The van der Waals surface area contributed by atoms with Gasteiger partial charge < -0.3 is 15.6 Å². The number of fused-ring (bicyclic) bond motifs is 1. The van der Waals surface area contributed by atoms with Gasteiger partial charge in [0, 0.05) is 49.0 Å². The van der Waals surface area contributed by atoms with Gasteiger partial charge in [-0.2, -0.15) is 5.10 Å². The first-order valence-corrected chi connectivity index (χ1v) is 9.52. The molecule has 0 radical (unpaired) electrons. The topological polar surface area (TPSA) is 70.0 Å². The van der Waals surface area contributed by atoms with Crippen LogP contribution < -0.4 is 10.6 Å². The number of aromatic amines is 1. The van der Waals surface area contributed by atoms with Crippen LogP contribution >= 0.6 is 24.0 Å². The van der Waals surface area contributed by atoms with Gasteiger partial charge in [-0.3, -0.25) is 4.99 Å². The fraction of sp³-hybridized carbons (Fsp3) is 0.182. The number of aliphatic imine (C=N–C) groups is 1. The van der Waals surface area contributed by atoms with Crippen LogP contribution in [-0.2, 0) is 13.0 Å². The molecule has 4 aromatic rings. The summed E-state index contributed by atoms with van der Waals surface area (Å²) in [5, 5.41) is 11.9. The summed E-state index contributed by atoms with van der Waals surface area (Å²) in [5.74, 6) is 0.489. The van der Waals surface area contributed by atoms with E-state index >= 15 is 0 Å². The molecular weight excluding hydrogens is 494 g/mol. The van der Waals surface area contributed by atoms with Gasteiger partial charge in [0.1, 0.15) is 5.82 Å². The number of hydrogen-bond donors (Lipinski definition) is 3. The van der Waals surface area contributed by atoms with Crippen molar-refractivity contribution in [2.24, 2.45) is 4.99 Å². The van der Waals surface area contributed by atoms with Crippen LogP contribution in [0.1, 0.15) is 11.1 Å². The van der Waals surface area contributed by atoms with E-state index in [1.54, 1.807) is 19.2 Å². The Kier molecular flexibility index (Phi) is 7.45. The average Bonchev–Trinajstić information content (AvgIpc) is 3.38. The van der Waals surface area contributed by atoms with E-state index in [1.807, 2.05) is 53.6 Å². The molecule has 0 atom stereocenters. The first-order valence-electron chi connectivity index (χ1n) is 9.52. The third kappa shape index (κ3) is 5.18. The van der Waals surface area contributed by atoms with Gasteiger partial charge in [0.25, 0.3) is 0 Å². The molecule has 4 rings (SSSR count). The summed E-state index contributed by atoms with van der Waals surface area (Å²) < 4.78 is 15.4. The maximum atomic E-state index is 13.5. The van der Waals surface area contributed by atoms with E-state index in [0.29, 0.717) is 19.0 Å². The molecule has 0 saturated heterocycles. The molecule has 2 aromatic heterocycles. The minimum absolute atomic E-state index is 0. The molecule has 2 heterocycles. The Labute approximate surface area is 191 Å². The predicted octanol–water partition coefficient (Wildman–Crippen LogP) is 4.02. The second kappa shape index (κ2) is 10.2. The number of nitrogens with zero attached hydrogens (tertiary/aromatic N) is 3. The third-order valence-corrected chi connectivity index (χ3v) is 4.76. The Bertz CT molecular complexity index is 1120. The van der Waals surface area contributed by atoms with Crippen molar-refractivity contribution in [2.75, 3.05) is 13.6 Å². The fourth-order valence-electron chi connectivity index (χ4n) is 3.25. The van der Waals surface area contributed by atoms with Crippen molar-refractivity contribution in [3.63, 3.8) is 0 Å². The van der Waals surface area contributed by atoms with Crippen LogP contribution in [0.25, 0.3) is 16.6 Å². The van der Waals surface area contributed by atoms with Crippen LogP contribution in [0.15, 0.2) is 72.1 Å². The summed E-state index contributed by atoms with van der Waals surface area (Å²) in [4.78, 5) is 7.44. The number of rotatable bonds is 6. The van der Waals surface area contributed by atoms with E-state index < -0.39 is 0 Å². The minimum Gasteiger partial charge on any atom is -0.361 e. The number of halogens is 2. The zero-order chi connectivity index (χ0) is 20.1. The van der Waals surface area contributed by atoms with Crippen molar-refractivity contribution in [1.82, 2.24) is 25.4 Å². The van der Waals surface area contributed by atoms with E-state index in [0.717, 1.165) is 34.1 Å². The lowest BCUT2D eigenvalue weighted by atomic mass is 10.1. The largest absolute Gasteiger partial charge is 0.361 e. The summed E-state index contributed by atoms with van der Waals surface area (Å²) in [6, 6.07) is 14.8. The molecule has 0 aliphatic heterocycles. The summed E-state index contributed by atoms with van der Waals surface area (Å²) in [6.07, 6.45) is 6.53. The highest BCUT2D eigenvalue weighted by molar-refractivity contribution is 14.0. The lowest BCUT2D eigenvalue weighted by Gasteiger charge is -2.11. The quantitative estimate of drug-likeness (QED) is 0.205. The van der Waals surface area contributed by atoms with Crippen LogP contribution in [0.5, 0.6) is 0 Å². The molecule has 0 fully saturated rings. The molecule has 0 unspecified atom stereocenters. The van der Waals surface area contributed by atoms with Gasteiger partial charge in [-0.05, 0) is 42.3 Å². The molecule has 2 aromatic carbocycles. The predicted molar refractivity (Wildman–Crippen MR) is 129 cm³/mol. The molecular formula is C22H24FIN6. The molecule has 30 heavy (non-hydrogen) atoms. The highest BCUT2D eigenvalue weighted by Crippen LogP contribution is 2.19. The highest BCUT2D eigenvalue weighted by Gasteiger charge is 2.06. The summed E-state index contributed by atoms with van der Waals surface area (Å²) in [7, 11) is 1.74. The highest BCUT2D eigenvalue weighted by atomic mass is 127. The average molecular weight is 518 g/mol. The van der Waals surface area contributed by atoms with Crippen molar-refractivity contribution < 1.29 is 4.39 Å². The Hall–Kier alpha value is -2.88. The number of aromatic nitrogens is 3. The van der Waals surface area contributed by atoms with Gasteiger partial charge in [0.15, 0.2) is 5.96 Å². The zero-order valence-electron chi connectivity index (χ0n) is 16.6. The Morgan fingerprint density at radius 2 is 2.00 bits per heavy atom. The first-order chi connectivity index (χ1) is 14.2.